The predicted molar refractivity (Wildman–Crippen MR) is 485 cm³/mol. The summed E-state index contributed by atoms with van der Waals surface area (Å²) in [7, 11) is 0. The van der Waals surface area contributed by atoms with Crippen molar-refractivity contribution in [3.63, 3.8) is 0 Å². The molecule has 50 nitrogen and oxygen atoms in total. The lowest BCUT2D eigenvalue weighted by Crippen LogP contribution is -2.52. The summed E-state index contributed by atoms with van der Waals surface area (Å²) in [6.45, 7) is 6.94. The number of aliphatic carboxylic acids is 11. The Bertz CT molecular complexity index is 3600. The van der Waals surface area contributed by atoms with E-state index in [2.05, 4.69) is 243 Å². The lowest BCUT2D eigenvalue weighted by Gasteiger charge is -2.37. The number of hydrogen-bond acceptors (Lipinski definition) is 50. The number of hydrogen-bond donors (Lipinski definition) is 0. The molecule has 0 amide bonds. The van der Waals surface area contributed by atoms with Gasteiger partial charge < -0.3 is 180 Å². The van der Waals surface area contributed by atoms with E-state index in [1.807, 2.05) is 0 Å². The molecule has 2 saturated carbocycles. The molecule has 62 heteroatoms. The van der Waals surface area contributed by atoms with Crippen molar-refractivity contribution in [2.45, 2.75) is 188 Å². The molecule has 0 N–H and O–H groups in total. The van der Waals surface area contributed by atoms with E-state index in [0.717, 1.165) is 32.1 Å². The minimum absolute atomic E-state index is 0.00931. The molecule has 3 unspecified atom stereocenters. The van der Waals surface area contributed by atoms with E-state index in [4.69, 9.17) is 14.2 Å². The number of unbranched alkanes of at least 4 members (excludes halogenated alkanes) is 1. The smallest absolute Gasteiger partial charge is 0.322 e. The Morgan fingerprint density at radius 3 is 0.964 bits per heavy atom. The number of carbonyl (C=O) groups excluding carboxylic acids is 24. The van der Waals surface area contributed by atoms with Crippen molar-refractivity contribution in [1.82, 2.24) is 0 Å². The molecule has 0 heterocycles. The number of esters is 12. The summed E-state index contributed by atoms with van der Waals surface area (Å²) in [5.41, 5.74) is -4.03. The summed E-state index contributed by atoms with van der Waals surface area (Å²) in [6, 6.07) is 0. The second-order valence-corrected chi connectivity index (χ2v) is 35.8. The molecular formula is C76H100Br12O50-12. The van der Waals surface area contributed by atoms with E-state index in [9.17, 15) is 176 Å². The molecule has 2 rings (SSSR count). The molecule has 0 aromatic rings. The summed E-state index contributed by atoms with van der Waals surface area (Å²) < 4.78 is 62.7. The van der Waals surface area contributed by atoms with E-state index < -0.39 is 203 Å². The molecule has 2 aliphatic carbocycles. The molecule has 0 saturated heterocycles. The van der Waals surface area contributed by atoms with E-state index >= 15 is 0 Å². The molecule has 0 aromatic carbocycles. The Balaban J connectivity index is -0.000000162. The van der Waals surface area contributed by atoms with Gasteiger partial charge in [0.2, 0.25) is 0 Å². The normalized spacial score (nSPS) is 12.3. The van der Waals surface area contributed by atoms with Gasteiger partial charge in [-0.15, -0.1) is 0 Å². The molecule has 138 heavy (non-hydrogen) atoms. The van der Waals surface area contributed by atoms with Crippen molar-refractivity contribution < 1.29 is 243 Å². The van der Waals surface area contributed by atoms with Crippen LogP contribution in [0.1, 0.15) is 151 Å². The second-order valence-electron chi connectivity index (χ2n) is 25.8. The number of carboxylic acid groups (broad SMARTS) is 11. The monoisotopic (exact) mass is 2760 g/mol. The SMILES string of the molecule is CC(Br)C(=O)OCC(=O)[O-].CC(Br)C(=O)OCCOCC(=O)[O-].CC(C)(Br)C(=O)OCC(=O)[O-].CC(C)(OC(=O)CBr)C(=O)C[O-].CC(OC(=O)CBr)C(=O)[O-].O=C(CBr)OC1(C(=O)[O-])CCCC1.O=C(CBr)OC1(C(=O)[O-])CCCCC1.O=C([O-])CCCCOC(=O)CBr.O=C([O-])CCCOC(=O)CBr.O=C([O-])CCOC(=O)CBr.O=C([O-])COC(=O)CCBr.O=C([O-])COCCOC(=O)CBr. The first-order valence-corrected chi connectivity index (χ1v) is 51.3. The largest absolute Gasteiger partial charge is 0.849 e. The van der Waals surface area contributed by atoms with Crippen LogP contribution in [0.2, 0.25) is 0 Å². The third kappa shape index (κ3) is 108. The molecular weight excluding hydrogens is 2670 g/mol. The van der Waals surface area contributed by atoms with Crippen LogP contribution < -0.4 is 61.3 Å². The van der Waals surface area contributed by atoms with Gasteiger partial charge in [0.05, 0.1) is 100 Å². The summed E-state index contributed by atoms with van der Waals surface area (Å²) in [6.07, 6.45) is 5.58. The third-order valence-electron chi connectivity index (χ3n) is 13.4. The number of alkyl halides is 12. The van der Waals surface area contributed by atoms with Crippen molar-refractivity contribution in [2.24, 2.45) is 0 Å². The third-order valence-corrected chi connectivity index (χ3v) is 18.5. The van der Waals surface area contributed by atoms with Crippen molar-refractivity contribution >= 4 is 334 Å². The van der Waals surface area contributed by atoms with Gasteiger partial charge in [-0.2, -0.15) is 0 Å². The molecule has 0 aromatic heterocycles. The Morgan fingerprint density at radius 1 is 0.326 bits per heavy atom. The van der Waals surface area contributed by atoms with E-state index in [0.29, 0.717) is 50.3 Å². The van der Waals surface area contributed by atoms with E-state index in [1.165, 1.54) is 27.7 Å². The fourth-order valence-corrected chi connectivity index (χ4v) is 8.93. The van der Waals surface area contributed by atoms with Gasteiger partial charge in [0.25, 0.3) is 0 Å². The van der Waals surface area contributed by atoms with Crippen LogP contribution >= 0.6 is 191 Å². The second kappa shape index (κ2) is 96.3. The van der Waals surface area contributed by atoms with Crippen molar-refractivity contribution in [1.29, 1.82) is 0 Å². The summed E-state index contributed by atoms with van der Waals surface area (Å²) in [4.78, 5) is 247. The van der Waals surface area contributed by atoms with Gasteiger partial charge in [0.15, 0.2) is 22.6 Å². The minimum Gasteiger partial charge on any atom is -0.849 e. The number of Topliss-reactive ketones (excluding diaryl/α,β-unsaturated/α-hetero) is 1. The number of carbonyl (C=O) groups is 24. The van der Waals surface area contributed by atoms with Gasteiger partial charge in [-0.1, -0.05) is 204 Å². The van der Waals surface area contributed by atoms with Crippen LogP contribution in [0.15, 0.2) is 0 Å². The highest BCUT2D eigenvalue weighted by Crippen LogP contribution is 2.34. The summed E-state index contributed by atoms with van der Waals surface area (Å²) >= 11 is 35.0. The van der Waals surface area contributed by atoms with E-state index in [1.54, 1.807) is 20.8 Å². The average Bonchev–Trinajstić information content (AvgIpc) is 1.83. The zero-order chi connectivity index (χ0) is 109. The van der Waals surface area contributed by atoms with Crippen LogP contribution in [0.3, 0.4) is 0 Å². The maximum Gasteiger partial charge on any atom is 0.322 e. The first-order chi connectivity index (χ1) is 64.0. The first kappa shape index (κ1) is 151. The van der Waals surface area contributed by atoms with Crippen molar-refractivity contribution in [3.8, 4) is 0 Å². The van der Waals surface area contributed by atoms with Crippen LogP contribution in [0.5, 0.6) is 0 Å². The van der Waals surface area contributed by atoms with Gasteiger partial charge in [-0.05, 0) is 132 Å². The fraction of sp³-hybridized carbons (Fsp3) is 0.684. The Kier molecular flexibility index (Phi) is 106. The quantitative estimate of drug-likeness (QED) is 0.0236. The van der Waals surface area contributed by atoms with Gasteiger partial charge >= 0.3 is 71.6 Å². The van der Waals surface area contributed by atoms with Gasteiger partial charge in [0.1, 0.15) is 95.8 Å². The number of ketones is 1. The maximum atomic E-state index is 11.0. The van der Waals surface area contributed by atoms with Gasteiger partial charge in [-0.25, -0.2) is 0 Å². The number of halogens is 12. The molecule has 800 valence electrons. The predicted octanol–water partition coefficient (Wildman–Crippen LogP) is -7.23. The van der Waals surface area contributed by atoms with Crippen molar-refractivity contribution in [2.75, 3.05) is 134 Å². The van der Waals surface area contributed by atoms with Crippen LogP contribution in [0, 0.1) is 0 Å². The van der Waals surface area contributed by atoms with Crippen LogP contribution in [-0.2, 0) is 181 Å². The highest BCUT2D eigenvalue weighted by atomic mass is 79.9. The lowest BCUT2D eigenvalue weighted by molar-refractivity contribution is -0.356. The Morgan fingerprint density at radius 2 is 0.645 bits per heavy atom. The fourth-order valence-electron chi connectivity index (χ4n) is 7.11. The van der Waals surface area contributed by atoms with Crippen LogP contribution in [-0.4, -0.2) is 314 Å². The molecule has 0 bridgehead atoms. The zero-order valence-electron chi connectivity index (χ0n) is 74.6. The zero-order valence-corrected chi connectivity index (χ0v) is 93.6. The highest BCUT2D eigenvalue weighted by molar-refractivity contribution is 9.11. The van der Waals surface area contributed by atoms with Gasteiger partial charge in [-0.3, -0.25) is 62.3 Å². The summed E-state index contributed by atoms with van der Waals surface area (Å²) in [5, 5.41) is 121. The summed E-state index contributed by atoms with van der Waals surface area (Å²) in [5.74, 6) is -20.8. The van der Waals surface area contributed by atoms with E-state index in [-0.39, 0.29) is 131 Å². The number of carboxylic acids is 11. The standard InChI is InChI=1S/C9H13BrO4.C8H11BrO4.C7H11BrO5.C7H10BrO4.C7H11BrO4.C6H9BrO5.2C6H9BrO4.4C5H7BrO4/c10-6-7(11)14-9(8(12)13)4-2-1-3-5-9;9-5-6(10)13-8(7(11)12)3-1-2-4-8;1-5(8)7(11)13-3-2-12-4-6(9)10;1-7(2,5(10)4-9)12-6(11)3-8;8-5-7(11)12-4-2-1-3-6(9)10;7-3-6(10)12-2-1-11-4-5(8)9;1-6(2,7)5(10)11-3-4(8)9;7-4-6(10)11-3-1-2-5(8)9;1-3(6)5(9)10-2-4(7)8;1-3(5(8)9)10-4(7)2-6;6-2-1-5(9)10-3-4(7)8;6-3-5(9)10-2-1-4(7)8/h1-6H2,(H,12,13);1-5H2,(H,11,12);5H,2-4H2,1H3,(H,9,10);3-4H2,1-2H3;1-5H2,(H,9,10);1-4H2,(H,8,9);3H2,1-2H3,(H,8,9);1-4H2,(H,8,9);3H,2H2,1H3,(H,7,8);3H,2H2,1H3,(H,8,9);2*1-3H2,(H,7,8)/q;;;-1;;;;;;;;/p-11. The molecule has 2 fully saturated rings. The number of rotatable bonds is 50. The molecule has 2 aliphatic rings. The molecule has 0 spiro atoms. The molecule has 3 atom stereocenters. The van der Waals surface area contributed by atoms with Crippen LogP contribution in [0.4, 0.5) is 0 Å². The Hall–Kier alpha value is -6.88. The average molecular weight is 2770 g/mol. The van der Waals surface area contributed by atoms with Crippen molar-refractivity contribution in [3.05, 3.63) is 0 Å². The van der Waals surface area contributed by atoms with Gasteiger partial charge in [0, 0.05) is 29.7 Å². The Labute approximate surface area is 891 Å². The first-order valence-electron chi connectivity index (χ1n) is 38.6. The number of ether oxygens (including phenoxy) is 14. The molecule has 0 aliphatic heterocycles. The maximum absolute atomic E-state index is 11.0. The lowest BCUT2D eigenvalue weighted by atomic mass is 9.85. The molecule has 0 radical (unpaired) electrons. The topological polar surface area (TPSA) is 816 Å². The van der Waals surface area contributed by atoms with Crippen LogP contribution in [0.25, 0.3) is 0 Å². The highest BCUT2D eigenvalue weighted by Gasteiger charge is 2.40. The minimum atomic E-state index is -1.41.